The predicted molar refractivity (Wildman–Crippen MR) is 146 cm³/mol. The number of piperidine rings is 1. The number of hydrogen-bond donors (Lipinski definition) is 1. The lowest BCUT2D eigenvalue weighted by Crippen LogP contribution is -2.51. The molecular formula is C31H51NO6. The first-order valence-electron chi connectivity index (χ1n) is 14.5. The van der Waals surface area contributed by atoms with Crippen LogP contribution >= 0.6 is 0 Å². The fraction of sp³-hybridized carbons (Fsp3) is 0.871. The molecule has 1 amide bonds. The molecule has 1 aliphatic heterocycles. The van der Waals surface area contributed by atoms with E-state index in [9.17, 15) is 24.3 Å². The molecule has 0 aromatic rings. The molecule has 3 rings (SSSR count). The van der Waals surface area contributed by atoms with Crippen LogP contribution < -0.4 is 0 Å². The number of carbonyl (C=O) groups excluding carboxylic acids is 4. The molecule has 7 nitrogen and oxygen atoms in total. The van der Waals surface area contributed by atoms with Gasteiger partial charge in [0.1, 0.15) is 5.78 Å². The van der Waals surface area contributed by atoms with Crippen LogP contribution in [0.25, 0.3) is 0 Å². The molecule has 1 saturated heterocycles. The van der Waals surface area contributed by atoms with E-state index >= 15 is 0 Å². The number of amides is 1. The van der Waals surface area contributed by atoms with E-state index in [0.717, 1.165) is 19.3 Å². The summed E-state index contributed by atoms with van der Waals surface area (Å²) in [6.07, 6.45) is 3.08. The second kappa shape index (κ2) is 11.0. The second-order valence-corrected chi connectivity index (χ2v) is 15.2. The number of rotatable bonds is 11. The summed E-state index contributed by atoms with van der Waals surface area (Å²) in [6.45, 7) is 16.8. The highest BCUT2D eigenvalue weighted by atomic mass is 16.5. The van der Waals surface area contributed by atoms with Crippen LogP contribution in [0.15, 0.2) is 0 Å². The maximum Gasteiger partial charge on any atom is 0.334 e. The summed E-state index contributed by atoms with van der Waals surface area (Å²) in [7, 11) is 1.25. The van der Waals surface area contributed by atoms with Crippen LogP contribution in [0.4, 0.5) is 0 Å². The normalized spacial score (nSPS) is 27.1. The van der Waals surface area contributed by atoms with Crippen molar-refractivity contribution in [3.63, 3.8) is 0 Å². The van der Waals surface area contributed by atoms with Gasteiger partial charge in [-0.05, 0) is 40.4 Å². The van der Waals surface area contributed by atoms with E-state index in [1.807, 2.05) is 41.5 Å². The van der Waals surface area contributed by atoms with E-state index in [2.05, 4.69) is 13.8 Å². The molecule has 6 atom stereocenters. The zero-order valence-corrected chi connectivity index (χ0v) is 25.1. The minimum atomic E-state index is -1.35. The molecule has 7 heteroatoms. The number of Topliss-reactive ketones (excluding diaryl/α,β-unsaturated/α-hetero) is 2. The van der Waals surface area contributed by atoms with Crippen LogP contribution in [0, 0.1) is 45.8 Å². The number of nitrogens with zero attached hydrogens (tertiary/aromatic N) is 1. The topological polar surface area (TPSA) is 101 Å². The van der Waals surface area contributed by atoms with Crippen molar-refractivity contribution in [3.05, 3.63) is 0 Å². The highest BCUT2D eigenvalue weighted by Crippen LogP contribution is 2.65. The van der Waals surface area contributed by atoms with Crippen LogP contribution in [0.3, 0.4) is 0 Å². The molecule has 2 aliphatic carbocycles. The molecule has 0 bridgehead atoms. The molecule has 0 spiro atoms. The molecule has 3 fully saturated rings. The van der Waals surface area contributed by atoms with Gasteiger partial charge in [0.15, 0.2) is 11.9 Å². The van der Waals surface area contributed by atoms with E-state index in [-0.39, 0.29) is 53.0 Å². The van der Waals surface area contributed by atoms with Crippen LogP contribution in [0.5, 0.6) is 0 Å². The molecule has 2 saturated carbocycles. The molecule has 4 unspecified atom stereocenters. The number of aliphatic hydroxyl groups excluding tert-OH is 1. The number of methoxy groups -OCH3 is 1. The van der Waals surface area contributed by atoms with E-state index in [0.29, 0.717) is 25.3 Å². The van der Waals surface area contributed by atoms with Crippen molar-refractivity contribution in [1.82, 2.24) is 4.90 Å². The third-order valence-electron chi connectivity index (χ3n) is 9.54. The SMILES string of the molecule is COC(=O)C(O)C(CC(=O)[C@@H]1C2C(CN1C(=O)[C@@H](CC(=O)CC(C)(C)C)C(C)(C)C)C2(C)C)CC1CCC1. The summed E-state index contributed by atoms with van der Waals surface area (Å²) in [5, 5.41) is 10.7. The Morgan fingerprint density at radius 2 is 1.63 bits per heavy atom. The Labute approximate surface area is 229 Å². The summed E-state index contributed by atoms with van der Waals surface area (Å²) < 4.78 is 4.80. The maximum absolute atomic E-state index is 14.1. The monoisotopic (exact) mass is 533 g/mol. The highest BCUT2D eigenvalue weighted by molar-refractivity contribution is 5.94. The van der Waals surface area contributed by atoms with Gasteiger partial charge in [-0.1, -0.05) is 74.7 Å². The first-order valence-corrected chi connectivity index (χ1v) is 14.5. The lowest BCUT2D eigenvalue weighted by molar-refractivity contribution is -0.155. The quantitative estimate of drug-likeness (QED) is 0.382. The first-order chi connectivity index (χ1) is 17.4. The molecule has 0 radical (unpaired) electrons. The van der Waals surface area contributed by atoms with Gasteiger partial charge in [0.05, 0.1) is 13.2 Å². The van der Waals surface area contributed by atoms with Crippen molar-refractivity contribution < 1.29 is 29.0 Å². The van der Waals surface area contributed by atoms with Gasteiger partial charge in [0, 0.05) is 37.6 Å². The van der Waals surface area contributed by atoms with E-state index in [4.69, 9.17) is 4.74 Å². The molecular weight excluding hydrogens is 482 g/mol. The third-order valence-corrected chi connectivity index (χ3v) is 9.54. The summed E-state index contributed by atoms with van der Waals surface area (Å²) in [5.41, 5.74) is -0.633. The number of esters is 1. The smallest absolute Gasteiger partial charge is 0.334 e. The lowest BCUT2D eigenvalue weighted by atomic mass is 9.74. The zero-order chi connectivity index (χ0) is 28.8. The van der Waals surface area contributed by atoms with Gasteiger partial charge in [-0.15, -0.1) is 0 Å². The van der Waals surface area contributed by atoms with Crippen molar-refractivity contribution in [2.24, 2.45) is 45.8 Å². The van der Waals surface area contributed by atoms with E-state index in [1.54, 1.807) is 4.90 Å². The average molecular weight is 534 g/mol. The van der Waals surface area contributed by atoms with Gasteiger partial charge >= 0.3 is 5.97 Å². The van der Waals surface area contributed by atoms with Crippen LogP contribution in [0.1, 0.15) is 100 Å². The largest absolute Gasteiger partial charge is 0.467 e. The lowest BCUT2D eigenvalue weighted by Gasteiger charge is -2.38. The number of ether oxygens (including phenoxy) is 1. The Morgan fingerprint density at radius 1 is 1.03 bits per heavy atom. The maximum atomic E-state index is 14.1. The predicted octanol–water partition coefficient (Wildman–Crippen LogP) is 4.83. The Morgan fingerprint density at radius 3 is 2.11 bits per heavy atom. The number of hydrogen-bond acceptors (Lipinski definition) is 6. The molecule has 3 aliphatic rings. The number of aliphatic hydroxyl groups is 1. The van der Waals surface area contributed by atoms with Crippen molar-refractivity contribution in [2.45, 2.75) is 112 Å². The minimum Gasteiger partial charge on any atom is -0.467 e. The summed E-state index contributed by atoms with van der Waals surface area (Å²) >= 11 is 0. The number of fused-ring (bicyclic) bond motifs is 1. The zero-order valence-electron chi connectivity index (χ0n) is 25.1. The van der Waals surface area contributed by atoms with Crippen molar-refractivity contribution in [2.75, 3.05) is 13.7 Å². The Balaban J connectivity index is 1.83. The molecule has 0 aromatic carbocycles. The van der Waals surface area contributed by atoms with Crippen LogP contribution in [0.2, 0.25) is 0 Å². The van der Waals surface area contributed by atoms with Crippen molar-refractivity contribution in [1.29, 1.82) is 0 Å². The van der Waals surface area contributed by atoms with E-state index in [1.165, 1.54) is 7.11 Å². The van der Waals surface area contributed by atoms with Crippen molar-refractivity contribution in [3.8, 4) is 0 Å². The Kier molecular flexibility index (Phi) is 8.92. The van der Waals surface area contributed by atoms with Gasteiger partial charge in [-0.3, -0.25) is 14.4 Å². The highest BCUT2D eigenvalue weighted by Gasteiger charge is 2.69. The van der Waals surface area contributed by atoms with E-state index < -0.39 is 35.4 Å². The Bertz CT molecular complexity index is 922. The number of carbonyl (C=O) groups is 4. The van der Waals surface area contributed by atoms with Gasteiger partial charge in [0.25, 0.3) is 0 Å². The first kappa shape index (κ1) is 30.8. The van der Waals surface area contributed by atoms with Gasteiger partial charge in [-0.2, -0.15) is 0 Å². The Hall–Kier alpha value is -1.76. The summed E-state index contributed by atoms with van der Waals surface area (Å²) in [6, 6.07) is -0.584. The third kappa shape index (κ3) is 6.68. The standard InChI is InChI=1S/C31H51NO6/c1-29(2,3)16-20(33)15-21(30(4,5)6)27(36)32-17-22-24(31(22,7)8)25(32)23(34)14-19(13-18-11-10-12-18)26(35)28(37)38-9/h18-19,21-22,24-26,35H,10-17H2,1-9H3/t19?,21-,22?,24?,25-,26?/m1/s1. The molecule has 1 N–H and O–H groups in total. The number of likely N-dealkylation sites (tertiary alicyclic amines) is 1. The second-order valence-electron chi connectivity index (χ2n) is 15.2. The fourth-order valence-electron chi connectivity index (χ4n) is 6.91. The molecule has 216 valence electrons. The van der Waals surface area contributed by atoms with Gasteiger partial charge < -0.3 is 14.7 Å². The molecule has 1 heterocycles. The average Bonchev–Trinajstić information content (AvgIpc) is 3.08. The number of ketones is 2. The van der Waals surface area contributed by atoms with Crippen molar-refractivity contribution >= 4 is 23.4 Å². The summed E-state index contributed by atoms with van der Waals surface area (Å²) in [4.78, 5) is 55.0. The molecule has 0 aromatic heterocycles. The van der Waals surface area contributed by atoms with Crippen LogP contribution in [-0.4, -0.2) is 59.2 Å². The molecule has 38 heavy (non-hydrogen) atoms. The van der Waals surface area contributed by atoms with Crippen LogP contribution in [-0.2, 0) is 23.9 Å². The summed E-state index contributed by atoms with van der Waals surface area (Å²) in [5.74, 6) is -1.19. The van der Waals surface area contributed by atoms with Gasteiger partial charge in [-0.25, -0.2) is 4.79 Å². The fourth-order valence-corrected chi connectivity index (χ4v) is 6.91. The van der Waals surface area contributed by atoms with Gasteiger partial charge in [0.2, 0.25) is 5.91 Å². The minimum absolute atomic E-state index is 0.0408.